The molecule has 1 aliphatic heterocycles. The van der Waals surface area contributed by atoms with E-state index in [1.807, 2.05) is 0 Å². The number of carbonyl (C=O) groups excluding carboxylic acids is 1. The summed E-state index contributed by atoms with van der Waals surface area (Å²) in [6.07, 6.45) is 1.72. The van der Waals surface area contributed by atoms with Gasteiger partial charge >= 0.3 is 0 Å². The van der Waals surface area contributed by atoms with Crippen LogP contribution in [0.1, 0.15) is 26.7 Å². The zero-order valence-corrected chi connectivity index (χ0v) is 7.97. The Bertz CT molecular complexity index is 177. The van der Waals surface area contributed by atoms with Crippen molar-refractivity contribution < 1.29 is 4.79 Å². The van der Waals surface area contributed by atoms with E-state index in [1.54, 1.807) is 0 Å². The van der Waals surface area contributed by atoms with Crippen LogP contribution in [0.3, 0.4) is 0 Å². The van der Waals surface area contributed by atoms with Crippen molar-refractivity contribution in [3.8, 4) is 0 Å². The third-order valence-electron chi connectivity index (χ3n) is 2.43. The minimum absolute atomic E-state index is 0.195. The minimum atomic E-state index is -0.195. The number of nitrogens with zero attached hydrogens (tertiary/aromatic N) is 1. The standard InChI is InChI=1S/C9H18N2O/c1-9(2)4-6-11(7-9)5-3-8(10)12/h3-7H2,1-2H3,(H2,10,12). The van der Waals surface area contributed by atoms with Crippen LogP contribution in [0.5, 0.6) is 0 Å². The molecule has 0 spiro atoms. The Morgan fingerprint density at radius 1 is 1.58 bits per heavy atom. The number of carbonyl (C=O) groups is 1. The SMILES string of the molecule is CC1(C)CCN(CCC(N)=O)C1. The summed E-state index contributed by atoms with van der Waals surface area (Å²) >= 11 is 0. The molecule has 0 saturated carbocycles. The molecule has 0 aromatic rings. The third kappa shape index (κ3) is 2.81. The lowest BCUT2D eigenvalue weighted by molar-refractivity contribution is -0.118. The topological polar surface area (TPSA) is 46.3 Å². The molecule has 3 nitrogen and oxygen atoms in total. The van der Waals surface area contributed by atoms with Crippen molar-refractivity contribution >= 4 is 5.91 Å². The summed E-state index contributed by atoms with van der Waals surface area (Å²) in [5.74, 6) is -0.195. The Morgan fingerprint density at radius 2 is 2.25 bits per heavy atom. The number of hydrogen-bond donors (Lipinski definition) is 1. The van der Waals surface area contributed by atoms with Crippen LogP contribution in [0.25, 0.3) is 0 Å². The largest absolute Gasteiger partial charge is 0.370 e. The van der Waals surface area contributed by atoms with E-state index in [2.05, 4.69) is 18.7 Å². The molecule has 0 aliphatic carbocycles. The van der Waals surface area contributed by atoms with Gasteiger partial charge in [0, 0.05) is 19.5 Å². The molecule has 1 amide bonds. The zero-order valence-electron chi connectivity index (χ0n) is 7.97. The van der Waals surface area contributed by atoms with E-state index >= 15 is 0 Å². The third-order valence-corrected chi connectivity index (χ3v) is 2.43. The van der Waals surface area contributed by atoms with E-state index in [4.69, 9.17) is 5.73 Å². The fourth-order valence-corrected chi connectivity index (χ4v) is 1.68. The predicted octanol–water partition coefficient (Wildman–Crippen LogP) is 0.594. The first-order valence-electron chi connectivity index (χ1n) is 4.50. The van der Waals surface area contributed by atoms with Crippen LogP contribution in [0.15, 0.2) is 0 Å². The van der Waals surface area contributed by atoms with Crippen molar-refractivity contribution in [3.05, 3.63) is 0 Å². The summed E-state index contributed by atoms with van der Waals surface area (Å²) < 4.78 is 0. The van der Waals surface area contributed by atoms with Gasteiger partial charge in [-0.3, -0.25) is 4.79 Å². The molecule has 1 fully saturated rings. The summed E-state index contributed by atoms with van der Waals surface area (Å²) in [6.45, 7) is 7.56. The maximum absolute atomic E-state index is 10.5. The lowest BCUT2D eigenvalue weighted by Gasteiger charge is -2.18. The van der Waals surface area contributed by atoms with Gasteiger partial charge in [-0.05, 0) is 18.4 Å². The van der Waals surface area contributed by atoms with Gasteiger partial charge in [0.25, 0.3) is 0 Å². The van der Waals surface area contributed by atoms with E-state index in [0.29, 0.717) is 11.8 Å². The van der Waals surface area contributed by atoms with Crippen molar-refractivity contribution in [2.24, 2.45) is 11.1 Å². The van der Waals surface area contributed by atoms with Crippen molar-refractivity contribution in [2.45, 2.75) is 26.7 Å². The van der Waals surface area contributed by atoms with Crippen LogP contribution < -0.4 is 5.73 Å². The molecule has 12 heavy (non-hydrogen) atoms. The first-order valence-corrected chi connectivity index (χ1v) is 4.50. The van der Waals surface area contributed by atoms with Gasteiger partial charge in [0.15, 0.2) is 0 Å². The molecule has 1 saturated heterocycles. The molecule has 2 N–H and O–H groups in total. The van der Waals surface area contributed by atoms with Crippen molar-refractivity contribution in [2.75, 3.05) is 19.6 Å². The molecule has 3 heteroatoms. The molecule has 0 atom stereocenters. The average molecular weight is 170 g/mol. The number of primary amides is 1. The lowest BCUT2D eigenvalue weighted by atomic mass is 9.93. The lowest BCUT2D eigenvalue weighted by Crippen LogP contribution is -2.27. The molecule has 0 radical (unpaired) electrons. The molecule has 0 bridgehead atoms. The van der Waals surface area contributed by atoms with Crippen molar-refractivity contribution in [3.63, 3.8) is 0 Å². The first-order chi connectivity index (χ1) is 5.49. The van der Waals surface area contributed by atoms with E-state index in [9.17, 15) is 4.79 Å². The maximum Gasteiger partial charge on any atom is 0.218 e. The highest BCUT2D eigenvalue weighted by molar-refractivity contribution is 5.73. The second-order valence-electron chi connectivity index (χ2n) is 4.41. The fraction of sp³-hybridized carbons (Fsp3) is 0.889. The summed E-state index contributed by atoms with van der Waals surface area (Å²) in [7, 11) is 0. The maximum atomic E-state index is 10.5. The molecular formula is C9H18N2O. The van der Waals surface area contributed by atoms with E-state index < -0.39 is 0 Å². The van der Waals surface area contributed by atoms with Gasteiger partial charge < -0.3 is 10.6 Å². The normalized spacial score (nSPS) is 22.8. The molecule has 70 valence electrons. The molecule has 0 aromatic carbocycles. The van der Waals surface area contributed by atoms with Crippen molar-refractivity contribution in [1.29, 1.82) is 0 Å². The summed E-state index contributed by atoms with van der Waals surface area (Å²) in [5, 5.41) is 0. The molecule has 0 unspecified atom stereocenters. The monoisotopic (exact) mass is 170 g/mol. The van der Waals surface area contributed by atoms with Crippen LogP contribution in [0, 0.1) is 5.41 Å². The molecule has 1 heterocycles. The van der Waals surface area contributed by atoms with Crippen LogP contribution in [0.4, 0.5) is 0 Å². The van der Waals surface area contributed by atoms with Gasteiger partial charge in [-0.25, -0.2) is 0 Å². The summed E-state index contributed by atoms with van der Waals surface area (Å²) in [5.41, 5.74) is 5.50. The fourth-order valence-electron chi connectivity index (χ4n) is 1.68. The van der Waals surface area contributed by atoms with Gasteiger partial charge in [0.2, 0.25) is 5.91 Å². The number of amides is 1. The van der Waals surface area contributed by atoms with Gasteiger partial charge in [0.05, 0.1) is 0 Å². The van der Waals surface area contributed by atoms with Crippen LogP contribution >= 0.6 is 0 Å². The van der Waals surface area contributed by atoms with E-state index in [1.165, 1.54) is 6.42 Å². The Balaban J connectivity index is 2.24. The second-order valence-corrected chi connectivity index (χ2v) is 4.41. The molecule has 1 aliphatic rings. The highest BCUT2D eigenvalue weighted by Gasteiger charge is 2.28. The first kappa shape index (κ1) is 9.52. The van der Waals surface area contributed by atoms with Crippen LogP contribution in [0.2, 0.25) is 0 Å². The number of rotatable bonds is 3. The Morgan fingerprint density at radius 3 is 2.67 bits per heavy atom. The van der Waals surface area contributed by atoms with E-state index in [-0.39, 0.29) is 5.91 Å². The zero-order chi connectivity index (χ0) is 9.19. The number of nitrogens with two attached hydrogens (primary N) is 1. The number of hydrogen-bond acceptors (Lipinski definition) is 2. The smallest absolute Gasteiger partial charge is 0.218 e. The average Bonchev–Trinajstić information content (AvgIpc) is 2.26. The Labute approximate surface area is 73.9 Å². The summed E-state index contributed by atoms with van der Waals surface area (Å²) in [6, 6.07) is 0. The van der Waals surface area contributed by atoms with Gasteiger partial charge in [0.1, 0.15) is 0 Å². The van der Waals surface area contributed by atoms with E-state index in [0.717, 1.165) is 19.6 Å². The molecular weight excluding hydrogens is 152 g/mol. The quantitative estimate of drug-likeness (QED) is 0.674. The second kappa shape index (κ2) is 3.44. The highest BCUT2D eigenvalue weighted by Crippen LogP contribution is 2.28. The van der Waals surface area contributed by atoms with Gasteiger partial charge in [-0.15, -0.1) is 0 Å². The number of likely N-dealkylation sites (tertiary alicyclic amines) is 1. The molecule has 0 aromatic heterocycles. The summed E-state index contributed by atoms with van der Waals surface area (Å²) in [4.78, 5) is 12.8. The Kier molecular flexibility index (Phi) is 2.73. The van der Waals surface area contributed by atoms with Crippen LogP contribution in [-0.4, -0.2) is 30.4 Å². The predicted molar refractivity (Wildman–Crippen MR) is 48.6 cm³/mol. The highest BCUT2D eigenvalue weighted by atomic mass is 16.1. The Hall–Kier alpha value is -0.570. The van der Waals surface area contributed by atoms with Gasteiger partial charge in [-0.2, -0.15) is 0 Å². The molecule has 1 rings (SSSR count). The van der Waals surface area contributed by atoms with Gasteiger partial charge in [-0.1, -0.05) is 13.8 Å². The minimum Gasteiger partial charge on any atom is -0.370 e. The van der Waals surface area contributed by atoms with Crippen molar-refractivity contribution in [1.82, 2.24) is 4.90 Å². The van der Waals surface area contributed by atoms with Crippen LogP contribution in [-0.2, 0) is 4.79 Å².